The molecule has 0 atom stereocenters. The lowest BCUT2D eigenvalue weighted by Crippen LogP contribution is -2.15. The van der Waals surface area contributed by atoms with Crippen LogP contribution in [0.2, 0.25) is 0 Å². The molecule has 0 saturated heterocycles. The maximum absolute atomic E-state index is 3.63. The van der Waals surface area contributed by atoms with E-state index in [1.54, 1.807) is 6.08 Å². The van der Waals surface area contributed by atoms with Crippen molar-refractivity contribution < 1.29 is 0 Å². The molecule has 0 amide bonds. The lowest BCUT2D eigenvalue weighted by molar-refractivity contribution is 0.659. The summed E-state index contributed by atoms with van der Waals surface area (Å²) in [4.78, 5) is 0. The van der Waals surface area contributed by atoms with Gasteiger partial charge in [-0.2, -0.15) is 0 Å². The standard InChI is InChI=1S/C35H36.C16H18.C14H16.C7H8.C4H10.C3H8.C2H6/c1-8-11-27(22(2)3)29-16-14-25(18-23(29)4)20-26-15-17-31-32(21-26)35(6,7)33-19-24(5)28-12-9-10-13-30(28)34(31)33;1-11-6-8-15(14(4)9-11)16-10-12(2)5-7-13(16)3;1-4-5-6-9-13(3)14-10-7-8-12(2)11-14;1-7-5-3-2-4-6-7;1-3-4-2;1-3-2;1-2/h8-19,21H,20H2,1-7H3;5-10H,1-4H3;4-11H,1H2,2-3H3;2-6H,1H3;3-4H2,1-2H3;3H2,1-2H3;1-2H3/b11-8-;;6-5-,13-9+;;;;. The minimum Gasteiger partial charge on any atom is -0.0991 e. The maximum atomic E-state index is 3.63. The van der Waals surface area contributed by atoms with E-state index in [1.807, 2.05) is 44.2 Å². The highest BCUT2D eigenvalue weighted by molar-refractivity contribution is 6.04. The van der Waals surface area contributed by atoms with Crippen LogP contribution in [0.3, 0.4) is 0 Å². The van der Waals surface area contributed by atoms with Crippen LogP contribution in [0.15, 0.2) is 206 Å². The molecule has 1 aliphatic carbocycles. The summed E-state index contributed by atoms with van der Waals surface area (Å²) < 4.78 is 0. The molecule has 0 N–H and O–H groups in total. The molecule has 8 aromatic rings. The topological polar surface area (TPSA) is 0 Å². The number of hydrogen-bond acceptors (Lipinski definition) is 0. The van der Waals surface area contributed by atoms with E-state index in [4.69, 9.17) is 0 Å². The first-order valence-electron chi connectivity index (χ1n) is 30.0. The zero-order valence-corrected chi connectivity index (χ0v) is 54.0. The van der Waals surface area contributed by atoms with E-state index in [0.29, 0.717) is 0 Å². The summed E-state index contributed by atoms with van der Waals surface area (Å²) in [6, 6.07) is 57.5. The van der Waals surface area contributed by atoms with Crippen LogP contribution in [0.25, 0.3) is 44.2 Å². The van der Waals surface area contributed by atoms with E-state index in [-0.39, 0.29) is 5.41 Å². The number of hydrogen-bond donors (Lipinski definition) is 0. The van der Waals surface area contributed by atoms with E-state index < -0.39 is 0 Å². The van der Waals surface area contributed by atoms with Crippen LogP contribution < -0.4 is 0 Å². The van der Waals surface area contributed by atoms with Gasteiger partial charge in [-0.25, -0.2) is 0 Å². The molecule has 0 heteroatoms. The zero-order chi connectivity index (χ0) is 60.2. The Morgan fingerprint density at radius 1 is 0.481 bits per heavy atom. The molecule has 0 spiro atoms. The van der Waals surface area contributed by atoms with Gasteiger partial charge in [0.25, 0.3) is 0 Å². The second-order valence-corrected chi connectivity index (χ2v) is 22.2. The first kappa shape index (κ1) is 68.0. The Hall–Kier alpha value is -7.28. The highest BCUT2D eigenvalue weighted by Crippen LogP contribution is 2.52. The molecule has 8 aromatic carbocycles. The third-order valence-corrected chi connectivity index (χ3v) is 14.4. The van der Waals surface area contributed by atoms with E-state index in [1.165, 1.54) is 147 Å². The number of unbranched alkanes of at least 4 members (excludes halogenated alkanes) is 1. The van der Waals surface area contributed by atoms with E-state index in [9.17, 15) is 0 Å². The van der Waals surface area contributed by atoms with Crippen molar-refractivity contribution in [2.24, 2.45) is 0 Å². The van der Waals surface area contributed by atoms with Crippen molar-refractivity contribution in [2.75, 3.05) is 0 Å². The predicted octanol–water partition coefficient (Wildman–Crippen LogP) is 24.7. The Morgan fingerprint density at radius 2 is 1.05 bits per heavy atom. The van der Waals surface area contributed by atoms with Gasteiger partial charge < -0.3 is 0 Å². The largest absolute Gasteiger partial charge is 0.0991 e. The molecule has 0 unspecified atom stereocenters. The summed E-state index contributed by atoms with van der Waals surface area (Å²) in [7, 11) is 0. The lowest BCUT2D eigenvalue weighted by atomic mass is 9.80. The molecule has 0 heterocycles. The van der Waals surface area contributed by atoms with E-state index in [2.05, 4.69) is 289 Å². The Morgan fingerprint density at radius 3 is 1.62 bits per heavy atom. The Balaban J connectivity index is 0.000000309. The van der Waals surface area contributed by atoms with Gasteiger partial charge in [-0.3, -0.25) is 0 Å². The van der Waals surface area contributed by atoms with Gasteiger partial charge in [0.15, 0.2) is 0 Å². The van der Waals surface area contributed by atoms with Crippen LogP contribution in [0.4, 0.5) is 0 Å². The van der Waals surface area contributed by atoms with Crippen molar-refractivity contribution in [3.63, 3.8) is 0 Å². The summed E-state index contributed by atoms with van der Waals surface area (Å²) in [6.07, 6.45) is 17.0. The molecule has 0 radical (unpaired) electrons. The third kappa shape index (κ3) is 20.0. The first-order valence-corrected chi connectivity index (χ1v) is 30.0. The number of allylic oxidation sites excluding steroid dienone is 9. The van der Waals surface area contributed by atoms with Gasteiger partial charge in [-0.05, 0) is 189 Å². The molecule has 0 saturated carbocycles. The summed E-state index contributed by atoms with van der Waals surface area (Å²) >= 11 is 0. The fourth-order valence-corrected chi connectivity index (χ4v) is 9.93. The fourth-order valence-electron chi connectivity index (χ4n) is 9.93. The smallest absolute Gasteiger partial charge is 0.0159 e. The van der Waals surface area contributed by atoms with Gasteiger partial charge >= 0.3 is 0 Å². The maximum Gasteiger partial charge on any atom is 0.0159 e. The van der Waals surface area contributed by atoms with Crippen molar-refractivity contribution in [1.82, 2.24) is 0 Å². The third-order valence-electron chi connectivity index (χ3n) is 14.4. The summed E-state index contributed by atoms with van der Waals surface area (Å²) in [5.74, 6) is 0. The average molecular weight is 1080 g/mol. The number of benzene rings is 8. The molecule has 9 rings (SSSR count). The quantitative estimate of drug-likeness (QED) is 0.126. The van der Waals surface area contributed by atoms with Crippen molar-refractivity contribution in [3.8, 4) is 22.3 Å². The molecular weight excluding hydrogens is 973 g/mol. The summed E-state index contributed by atoms with van der Waals surface area (Å²) in [5, 5.41) is 2.74. The van der Waals surface area contributed by atoms with E-state index in [0.717, 1.165) is 6.42 Å². The Kier molecular flexibility index (Phi) is 29.2. The van der Waals surface area contributed by atoms with Crippen molar-refractivity contribution in [3.05, 3.63) is 284 Å². The molecule has 0 nitrogen and oxygen atoms in total. The minimum absolute atomic E-state index is 0.0000778. The highest BCUT2D eigenvalue weighted by Gasteiger charge is 2.37. The molecule has 0 aliphatic heterocycles. The van der Waals surface area contributed by atoms with Crippen LogP contribution in [0.1, 0.15) is 180 Å². The molecule has 0 aromatic heterocycles. The van der Waals surface area contributed by atoms with Crippen LogP contribution in [-0.4, -0.2) is 0 Å². The van der Waals surface area contributed by atoms with Gasteiger partial charge in [0.2, 0.25) is 0 Å². The van der Waals surface area contributed by atoms with Crippen LogP contribution in [0, 0.1) is 55.4 Å². The lowest BCUT2D eigenvalue weighted by Gasteiger charge is -2.23. The zero-order valence-electron chi connectivity index (χ0n) is 54.0. The van der Waals surface area contributed by atoms with Crippen molar-refractivity contribution in [1.29, 1.82) is 0 Å². The van der Waals surface area contributed by atoms with Crippen molar-refractivity contribution in [2.45, 2.75) is 170 Å². The summed E-state index contributed by atoms with van der Waals surface area (Å²) in [6.45, 7) is 46.9. The Labute approximate surface area is 495 Å². The molecule has 426 valence electrons. The summed E-state index contributed by atoms with van der Waals surface area (Å²) in [5.41, 5.74) is 28.4. The molecular formula is C81H102. The van der Waals surface area contributed by atoms with Crippen LogP contribution >= 0.6 is 0 Å². The van der Waals surface area contributed by atoms with Gasteiger partial charge in [0.05, 0.1) is 0 Å². The van der Waals surface area contributed by atoms with Gasteiger partial charge in [-0.15, -0.1) is 0 Å². The highest BCUT2D eigenvalue weighted by atomic mass is 14.4. The normalized spacial score (nSPS) is 11.5. The van der Waals surface area contributed by atoms with Gasteiger partial charge in [-0.1, -0.05) is 303 Å². The van der Waals surface area contributed by atoms with Crippen LogP contribution in [0.5, 0.6) is 0 Å². The monoisotopic (exact) mass is 1070 g/mol. The van der Waals surface area contributed by atoms with Gasteiger partial charge in [0.1, 0.15) is 0 Å². The van der Waals surface area contributed by atoms with Crippen LogP contribution in [-0.2, 0) is 11.8 Å². The minimum atomic E-state index is 0.0000778. The fraction of sp³-hybridized carbons (Fsp3) is 0.309. The molecule has 81 heavy (non-hydrogen) atoms. The second-order valence-electron chi connectivity index (χ2n) is 22.2. The molecule has 0 fully saturated rings. The van der Waals surface area contributed by atoms with Crippen molar-refractivity contribution >= 4 is 21.9 Å². The second kappa shape index (κ2) is 34.8. The van der Waals surface area contributed by atoms with Gasteiger partial charge in [0, 0.05) is 5.41 Å². The molecule has 0 bridgehead atoms. The number of aryl methyl sites for hydroxylation is 8. The molecule has 1 aliphatic rings. The number of rotatable bonds is 9. The Bertz CT molecular complexity index is 3350. The first-order chi connectivity index (χ1) is 38.8. The number of fused-ring (bicyclic) bond motifs is 5. The predicted molar refractivity (Wildman–Crippen MR) is 367 cm³/mol. The van der Waals surface area contributed by atoms with E-state index >= 15 is 0 Å². The average Bonchev–Trinajstić information content (AvgIpc) is 3.66. The SMILES string of the molecule is C/C=C\C(=C(C)C)c1ccc(Cc2ccc3c(c2)C(C)(C)c2cc(C)c4ccccc4c2-3)cc1C.C=C/C=C\C=C(/C)c1cccc(C)c1.CC.CCC.CCCC.Cc1ccc(-c2cc(C)ccc2C)c(C)c1.Cc1ccccc1.